The lowest BCUT2D eigenvalue weighted by Crippen LogP contribution is -2.29. The predicted molar refractivity (Wildman–Crippen MR) is 62.5 cm³/mol. The number of thiocarbonyl (C=S) groups is 1. The standard InChI is InChI=1S/C9H16N4S/c1-3-13(6-4-8(10)14)9-11-5-7-12(9)2/h5,7H,3-4,6H2,1-2H3,(H2,10,14). The molecule has 14 heavy (non-hydrogen) atoms. The highest BCUT2D eigenvalue weighted by atomic mass is 32.1. The van der Waals surface area contributed by atoms with Crippen molar-refractivity contribution in [1.82, 2.24) is 9.55 Å². The van der Waals surface area contributed by atoms with Crippen molar-refractivity contribution in [1.29, 1.82) is 0 Å². The lowest BCUT2D eigenvalue weighted by molar-refractivity contribution is 0.760. The number of aryl methyl sites for hydroxylation is 1. The molecular formula is C9H16N4S. The molecule has 0 aliphatic heterocycles. The Bertz CT molecular complexity index is 308. The average Bonchev–Trinajstić information content (AvgIpc) is 2.53. The Labute approximate surface area is 89.7 Å². The van der Waals surface area contributed by atoms with Crippen molar-refractivity contribution in [2.75, 3.05) is 18.0 Å². The van der Waals surface area contributed by atoms with Gasteiger partial charge >= 0.3 is 0 Å². The van der Waals surface area contributed by atoms with Crippen LogP contribution in [0.1, 0.15) is 13.3 Å². The first-order chi connectivity index (χ1) is 6.65. The van der Waals surface area contributed by atoms with Crippen LogP contribution in [0.2, 0.25) is 0 Å². The van der Waals surface area contributed by atoms with E-state index in [4.69, 9.17) is 18.0 Å². The van der Waals surface area contributed by atoms with Gasteiger partial charge in [0.05, 0.1) is 4.99 Å². The molecule has 0 radical (unpaired) electrons. The van der Waals surface area contributed by atoms with Gasteiger partial charge in [-0.25, -0.2) is 4.98 Å². The first kappa shape index (κ1) is 11.0. The molecule has 0 saturated carbocycles. The normalized spacial score (nSPS) is 10.1. The van der Waals surface area contributed by atoms with Crippen LogP contribution < -0.4 is 10.6 Å². The quantitative estimate of drug-likeness (QED) is 0.737. The van der Waals surface area contributed by atoms with E-state index in [2.05, 4.69) is 16.8 Å². The van der Waals surface area contributed by atoms with Gasteiger partial charge in [0.2, 0.25) is 5.95 Å². The number of hydrogen-bond donors (Lipinski definition) is 1. The summed E-state index contributed by atoms with van der Waals surface area (Å²) in [6.45, 7) is 3.83. The molecule has 0 aliphatic rings. The predicted octanol–water partition coefficient (Wildman–Crippen LogP) is 0.923. The molecule has 4 nitrogen and oxygen atoms in total. The lowest BCUT2D eigenvalue weighted by Gasteiger charge is -2.21. The van der Waals surface area contributed by atoms with Gasteiger partial charge in [-0.15, -0.1) is 0 Å². The summed E-state index contributed by atoms with van der Waals surface area (Å²) in [5, 5.41) is 0. The van der Waals surface area contributed by atoms with Crippen LogP contribution in [0.3, 0.4) is 0 Å². The number of rotatable bonds is 5. The van der Waals surface area contributed by atoms with E-state index < -0.39 is 0 Å². The van der Waals surface area contributed by atoms with Gasteiger partial charge in [0.1, 0.15) is 0 Å². The van der Waals surface area contributed by atoms with E-state index >= 15 is 0 Å². The molecular weight excluding hydrogens is 196 g/mol. The third-order valence-electron chi connectivity index (χ3n) is 2.09. The summed E-state index contributed by atoms with van der Waals surface area (Å²) < 4.78 is 1.99. The molecule has 0 unspecified atom stereocenters. The van der Waals surface area contributed by atoms with Crippen molar-refractivity contribution in [2.24, 2.45) is 12.8 Å². The second-order valence-corrected chi connectivity index (χ2v) is 3.66. The van der Waals surface area contributed by atoms with Crippen LogP contribution >= 0.6 is 12.2 Å². The molecule has 1 aromatic rings. The number of nitrogens with two attached hydrogens (primary N) is 1. The summed E-state index contributed by atoms with van der Waals surface area (Å²) in [5.41, 5.74) is 5.46. The van der Waals surface area contributed by atoms with Gasteiger partial charge < -0.3 is 15.2 Å². The fourth-order valence-corrected chi connectivity index (χ4v) is 1.40. The summed E-state index contributed by atoms with van der Waals surface area (Å²) >= 11 is 4.85. The van der Waals surface area contributed by atoms with Crippen molar-refractivity contribution >= 4 is 23.2 Å². The van der Waals surface area contributed by atoms with Crippen LogP contribution in [0.25, 0.3) is 0 Å². The van der Waals surface area contributed by atoms with E-state index in [0.29, 0.717) is 4.99 Å². The molecule has 1 aromatic heterocycles. The number of nitrogens with zero attached hydrogens (tertiary/aromatic N) is 3. The number of imidazole rings is 1. The first-order valence-electron chi connectivity index (χ1n) is 4.65. The highest BCUT2D eigenvalue weighted by molar-refractivity contribution is 7.80. The van der Waals surface area contributed by atoms with Crippen LogP contribution in [-0.4, -0.2) is 27.6 Å². The second kappa shape index (κ2) is 4.95. The molecule has 0 fully saturated rings. The van der Waals surface area contributed by atoms with Gasteiger partial charge in [-0.1, -0.05) is 12.2 Å². The van der Waals surface area contributed by atoms with Crippen molar-refractivity contribution in [3.05, 3.63) is 12.4 Å². The summed E-state index contributed by atoms with van der Waals surface area (Å²) in [7, 11) is 1.98. The maximum Gasteiger partial charge on any atom is 0.205 e. The maximum absolute atomic E-state index is 5.46. The lowest BCUT2D eigenvalue weighted by atomic mass is 10.4. The third-order valence-corrected chi connectivity index (χ3v) is 2.29. The fourth-order valence-electron chi connectivity index (χ4n) is 1.31. The zero-order valence-corrected chi connectivity index (χ0v) is 9.42. The fraction of sp³-hybridized carbons (Fsp3) is 0.556. The van der Waals surface area contributed by atoms with Crippen LogP contribution in [0, 0.1) is 0 Å². The monoisotopic (exact) mass is 212 g/mol. The average molecular weight is 212 g/mol. The van der Waals surface area contributed by atoms with Crippen LogP contribution in [-0.2, 0) is 7.05 Å². The zero-order chi connectivity index (χ0) is 10.6. The van der Waals surface area contributed by atoms with E-state index in [1.807, 2.05) is 17.8 Å². The Morgan fingerprint density at radius 2 is 2.43 bits per heavy atom. The Morgan fingerprint density at radius 3 is 2.86 bits per heavy atom. The number of hydrogen-bond acceptors (Lipinski definition) is 3. The molecule has 78 valence electrons. The first-order valence-corrected chi connectivity index (χ1v) is 5.06. The van der Waals surface area contributed by atoms with Crippen molar-refractivity contribution in [2.45, 2.75) is 13.3 Å². The van der Waals surface area contributed by atoms with Crippen molar-refractivity contribution in [3.63, 3.8) is 0 Å². The van der Waals surface area contributed by atoms with Gasteiger partial charge in [-0.2, -0.15) is 0 Å². The molecule has 0 spiro atoms. The molecule has 2 N–H and O–H groups in total. The molecule has 0 aliphatic carbocycles. The largest absolute Gasteiger partial charge is 0.393 e. The summed E-state index contributed by atoms with van der Waals surface area (Å²) in [4.78, 5) is 6.98. The van der Waals surface area contributed by atoms with Gasteiger partial charge in [-0.05, 0) is 6.92 Å². The van der Waals surface area contributed by atoms with Gasteiger partial charge in [-0.3, -0.25) is 0 Å². The Balaban J connectivity index is 2.63. The third kappa shape index (κ3) is 2.70. The highest BCUT2D eigenvalue weighted by Crippen LogP contribution is 2.09. The Hall–Kier alpha value is -1.10. The molecule has 0 bridgehead atoms. The topological polar surface area (TPSA) is 47.1 Å². The minimum atomic E-state index is 0.553. The van der Waals surface area contributed by atoms with E-state index in [1.54, 1.807) is 6.20 Å². The van der Waals surface area contributed by atoms with E-state index in [-0.39, 0.29) is 0 Å². The van der Waals surface area contributed by atoms with Gasteiger partial charge in [0, 0.05) is 39.0 Å². The minimum absolute atomic E-state index is 0.553. The van der Waals surface area contributed by atoms with Crippen molar-refractivity contribution < 1.29 is 0 Å². The van der Waals surface area contributed by atoms with Gasteiger partial charge in [0.25, 0.3) is 0 Å². The van der Waals surface area contributed by atoms with Crippen molar-refractivity contribution in [3.8, 4) is 0 Å². The summed E-state index contributed by atoms with van der Waals surface area (Å²) in [6, 6.07) is 0. The maximum atomic E-state index is 5.46. The van der Waals surface area contributed by atoms with Crippen LogP contribution in [0.4, 0.5) is 5.95 Å². The summed E-state index contributed by atoms with van der Waals surface area (Å²) in [5.74, 6) is 0.962. The number of aromatic nitrogens is 2. The minimum Gasteiger partial charge on any atom is -0.393 e. The molecule has 1 rings (SSSR count). The molecule has 0 amide bonds. The molecule has 0 aromatic carbocycles. The van der Waals surface area contributed by atoms with Crippen LogP contribution in [0.15, 0.2) is 12.4 Å². The molecule has 0 saturated heterocycles. The van der Waals surface area contributed by atoms with E-state index in [0.717, 1.165) is 25.5 Å². The molecule has 5 heteroatoms. The van der Waals surface area contributed by atoms with E-state index in [1.165, 1.54) is 0 Å². The second-order valence-electron chi connectivity index (χ2n) is 3.13. The Kier molecular flexibility index (Phi) is 3.88. The summed E-state index contributed by atoms with van der Waals surface area (Å²) in [6.07, 6.45) is 4.45. The van der Waals surface area contributed by atoms with Crippen LogP contribution in [0.5, 0.6) is 0 Å². The molecule has 0 atom stereocenters. The molecule has 1 heterocycles. The number of anilines is 1. The van der Waals surface area contributed by atoms with E-state index in [9.17, 15) is 0 Å². The highest BCUT2D eigenvalue weighted by Gasteiger charge is 2.08. The Morgan fingerprint density at radius 1 is 1.71 bits per heavy atom. The zero-order valence-electron chi connectivity index (χ0n) is 8.60. The van der Waals surface area contributed by atoms with Gasteiger partial charge in [0.15, 0.2) is 0 Å². The SMILES string of the molecule is CCN(CCC(N)=S)c1nccn1C. The smallest absolute Gasteiger partial charge is 0.205 e.